The fourth-order valence-corrected chi connectivity index (χ4v) is 1.77. The number of nitrogens with two attached hydrogens (primary N) is 1. The van der Waals surface area contributed by atoms with Crippen LogP contribution in [0.2, 0.25) is 0 Å². The van der Waals surface area contributed by atoms with E-state index >= 15 is 0 Å². The van der Waals surface area contributed by atoms with Crippen LogP contribution in [0.5, 0.6) is 0 Å². The lowest BCUT2D eigenvalue weighted by Gasteiger charge is -2.15. The van der Waals surface area contributed by atoms with Gasteiger partial charge in [-0.15, -0.1) is 0 Å². The molecule has 1 rings (SSSR count). The number of benzene rings is 1. The van der Waals surface area contributed by atoms with Gasteiger partial charge in [0.15, 0.2) is 0 Å². The molecule has 0 saturated carbocycles. The van der Waals surface area contributed by atoms with Gasteiger partial charge in [0.1, 0.15) is 0 Å². The van der Waals surface area contributed by atoms with Gasteiger partial charge in [0.25, 0.3) is 5.69 Å². The summed E-state index contributed by atoms with van der Waals surface area (Å²) in [5.74, 6) is -0.161. The van der Waals surface area contributed by atoms with Crippen LogP contribution in [-0.2, 0) is 4.79 Å². The molecule has 0 fully saturated rings. The van der Waals surface area contributed by atoms with E-state index in [-0.39, 0.29) is 30.1 Å². The summed E-state index contributed by atoms with van der Waals surface area (Å²) >= 11 is 0. The molecule has 3 N–H and O–H groups in total. The predicted molar refractivity (Wildman–Crippen MR) is 72.7 cm³/mol. The summed E-state index contributed by atoms with van der Waals surface area (Å²) in [6.07, 6.45) is 0.234. The average molecular weight is 265 g/mol. The van der Waals surface area contributed by atoms with Crippen molar-refractivity contribution in [3.63, 3.8) is 0 Å². The van der Waals surface area contributed by atoms with Gasteiger partial charge in [0.05, 0.1) is 11.0 Å². The van der Waals surface area contributed by atoms with Crippen molar-refractivity contribution in [2.75, 3.05) is 0 Å². The van der Waals surface area contributed by atoms with Crippen LogP contribution in [0.3, 0.4) is 0 Å². The van der Waals surface area contributed by atoms with Gasteiger partial charge in [0, 0.05) is 24.1 Å². The molecule has 6 heteroatoms. The van der Waals surface area contributed by atoms with Gasteiger partial charge < -0.3 is 11.1 Å². The molecule has 1 amide bonds. The van der Waals surface area contributed by atoms with E-state index in [0.717, 1.165) is 0 Å². The largest absolute Gasteiger partial charge is 0.350 e. The van der Waals surface area contributed by atoms with E-state index in [1.54, 1.807) is 32.9 Å². The van der Waals surface area contributed by atoms with E-state index in [0.29, 0.717) is 11.1 Å². The minimum atomic E-state index is -0.421. The number of nitrogens with one attached hydrogen (secondary N) is 1. The Labute approximate surface area is 112 Å². The van der Waals surface area contributed by atoms with E-state index in [2.05, 4.69) is 5.32 Å². The highest BCUT2D eigenvalue weighted by Gasteiger charge is 2.16. The lowest BCUT2D eigenvalue weighted by atomic mass is 10.0. The van der Waals surface area contributed by atoms with E-state index in [4.69, 9.17) is 5.73 Å². The third-order valence-electron chi connectivity index (χ3n) is 2.81. The number of aryl methyl sites for hydroxylation is 1. The summed E-state index contributed by atoms with van der Waals surface area (Å²) in [5.41, 5.74) is 6.91. The summed E-state index contributed by atoms with van der Waals surface area (Å²) in [7, 11) is 0. The Balaban J connectivity index is 2.83. The van der Waals surface area contributed by atoms with Crippen LogP contribution in [0.25, 0.3) is 0 Å². The lowest BCUT2D eigenvalue weighted by molar-refractivity contribution is -0.385. The maximum atomic E-state index is 11.6. The standard InChI is InChI=1S/C13H19N3O3/c1-8-4-5-11(7-12(8)16(18)19)10(3)15-13(17)6-9(2)14/h4-5,7,9-10H,6,14H2,1-3H3,(H,15,17). The SMILES string of the molecule is Cc1ccc(C(C)NC(=O)CC(C)N)cc1[N+](=O)[O-]. The summed E-state index contributed by atoms with van der Waals surface area (Å²) in [4.78, 5) is 22.0. The van der Waals surface area contributed by atoms with Gasteiger partial charge in [-0.3, -0.25) is 14.9 Å². The molecule has 0 aromatic heterocycles. The molecule has 0 aliphatic rings. The number of carbonyl (C=O) groups is 1. The predicted octanol–water partition coefficient (Wildman–Crippen LogP) is 1.82. The molecule has 0 radical (unpaired) electrons. The first-order valence-corrected chi connectivity index (χ1v) is 6.11. The lowest BCUT2D eigenvalue weighted by Crippen LogP contribution is -2.31. The van der Waals surface area contributed by atoms with Gasteiger partial charge in [-0.1, -0.05) is 12.1 Å². The number of amides is 1. The zero-order valence-electron chi connectivity index (χ0n) is 11.3. The van der Waals surface area contributed by atoms with E-state index in [9.17, 15) is 14.9 Å². The number of hydrogen-bond donors (Lipinski definition) is 2. The Morgan fingerprint density at radius 2 is 2.11 bits per heavy atom. The van der Waals surface area contributed by atoms with Crippen molar-refractivity contribution in [3.05, 3.63) is 39.4 Å². The van der Waals surface area contributed by atoms with Crippen LogP contribution in [-0.4, -0.2) is 16.9 Å². The molecule has 19 heavy (non-hydrogen) atoms. The Hall–Kier alpha value is -1.95. The summed E-state index contributed by atoms with van der Waals surface area (Å²) in [6, 6.07) is 4.46. The molecule has 104 valence electrons. The highest BCUT2D eigenvalue weighted by Crippen LogP contribution is 2.23. The number of nitrogens with zero attached hydrogens (tertiary/aromatic N) is 1. The number of nitro benzene ring substituents is 1. The molecule has 2 atom stereocenters. The zero-order valence-corrected chi connectivity index (χ0v) is 11.3. The Morgan fingerprint density at radius 3 is 2.63 bits per heavy atom. The van der Waals surface area contributed by atoms with Gasteiger partial charge >= 0.3 is 0 Å². The van der Waals surface area contributed by atoms with Crippen LogP contribution in [0, 0.1) is 17.0 Å². The van der Waals surface area contributed by atoms with Crippen molar-refractivity contribution in [2.45, 2.75) is 39.3 Å². The zero-order chi connectivity index (χ0) is 14.6. The highest BCUT2D eigenvalue weighted by molar-refractivity contribution is 5.77. The van der Waals surface area contributed by atoms with Crippen molar-refractivity contribution >= 4 is 11.6 Å². The molecule has 0 aliphatic heterocycles. The van der Waals surface area contributed by atoms with Crippen molar-refractivity contribution in [1.29, 1.82) is 0 Å². The van der Waals surface area contributed by atoms with Crippen molar-refractivity contribution in [1.82, 2.24) is 5.32 Å². The minimum Gasteiger partial charge on any atom is -0.350 e. The second-order valence-corrected chi connectivity index (χ2v) is 4.77. The first kappa shape index (κ1) is 15.1. The number of nitro groups is 1. The van der Waals surface area contributed by atoms with Crippen LogP contribution >= 0.6 is 0 Å². The van der Waals surface area contributed by atoms with Gasteiger partial charge in [-0.25, -0.2) is 0 Å². The minimum absolute atomic E-state index is 0.0609. The third-order valence-corrected chi connectivity index (χ3v) is 2.81. The van der Waals surface area contributed by atoms with Crippen LogP contribution in [0.1, 0.15) is 37.4 Å². The normalized spacial score (nSPS) is 13.7. The quantitative estimate of drug-likeness (QED) is 0.626. The molecule has 6 nitrogen and oxygen atoms in total. The second-order valence-electron chi connectivity index (χ2n) is 4.77. The molecular formula is C13H19N3O3. The maximum Gasteiger partial charge on any atom is 0.272 e. The fraction of sp³-hybridized carbons (Fsp3) is 0.462. The smallest absolute Gasteiger partial charge is 0.272 e. The molecule has 0 bridgehead atoms. The molecular weight excluding hydrogens is 246 g/mol. The maximum absolute atomic E-state index is 11.6. The van der Waals surface area contributed by atoms with E-state index in [1.807, 2.05) is 0 Å². The van der Waals surface area contributed by atoms with E-state index < -0.39 is 4.92 Å². The monoisotopic (exact) mass is 265 g/mol. The van der Waals surface area contributed by atoms with Crippen LogP contribution in [0.4, 0.5) is 5.69 Å². The van der Waals surface area contributed by atoms with Crippen molar-refractivity contribution in [3.8, 4) is 0 Å². The molecule has 0 spiro atoms. The van der Waals surface area contributed by atoms with Crippen molar-refractivity contribution in [2.24, 2.45) is 5.73 Å². The van der Waals surface area contributed by atoms with Crippen LogP contribution < -0.4 is 11.1 Å². The van der Waals surface area contributed by atoms with Gasteiger partial charge in [0.2, 0.25) is 5.91 Å². The second kappa shape index (κ2) is 6.29. The molecule has 1 aromatic rings. The Bertz CT molecular complexity index is 486. The third kappa shape index (κ3) is 4.33. The summed E-state index contributed by atoms with van der Waals surface area (Å²) in [6.45, 7) is 5.22. The summed E-state index contributed by atoms with van der Waals surface area (Å²) in [5, 5.41) is 13.6. The fourth-order valence-electron chi connectivity index (χ4n) is 1.77. The summed E-state index contributed by atoms with van der Waals surface area (Å²) < 4.78 is 0. The number of rotatable bonds is 5. The Kier molecular flexibility index (Phi) is 5.00. The molecule has 2 unspecified atom stereocenters. The highest BCUT2D eigenvalue weighted by atomic mass is 16.6. The Morgan fingerprint density at radius 1 is 1.47 bits per heavy atom. The molecule has 1 aromatic carbocycles. The average Bonchev–Trinajstić information content (AvgIpc) is 2.27. The topological polar surface area (TPSA) is 98.3 Å². The van der Waals surface area contributed by atoms with Gasteiger partial charge in [-0.05, 0) is 26.3 Å². The van der Waals surface area contributed by atoms with Gasteiger partial charge in [-0.2, -0.15) is 0 Å². The number of carbonyl (C=O) groups excluding carboxylic acids is 1. The molecule has 0 heterocycles. The first-order chi connectivity index (χ1) is 8.81. The van der Waals surface area contributed by atoms with E-state index in [1.165, 1.54) is 6.07 Å². The van der Waals surface area contributed by atoms with Crippen LogP contribution in [0.15, 0.2) is 18.2 Å². The molecule has 0 aliphatic carbocycles. The molecule has 0 saturated heterocycles. The van der Waals surface area contributed by atoms with Crippen molar-refractivity contribution < 1.29 is 9.72 Å². The number of hydrogen-bond acceptors (Lipinski definition) is 4. The first-order valence-electron chi connectivity index (χ1n) is 6.11.